The van der Waals surface area contributed by atoms with Crippen molar-refractivity contribution in [3.63, 3.8) is 0 Å². The van der Waals surface area contributed by atoms with E-state index < -0.39 is 35.5 Å². The molecule has 38 heavy (non-hydrogen) atoms. The quantitative estimate of drug-likeness (QED) is 0.263. The van der Waals surface area contributed by atoms with E-state index in [0.29, 0.717) is 30.6 Å². The molecule has 6 nitrogen and oxygen atoms in total. The van der Waals surface area contributed by atoms with Crippen molar-refractivity contribution in [2.24, 2.45) is 11.7 Å². The van der Waals surface area contributed by atoms with Gasteiger partial charge in [0.1, 0.15) is 11.6 Å². The lowest BCUT2D eigenvalue weighted by Crippen LogP contribution is -2.44. The SMILES string of the molecule is NC(Cc1cc(F)cc(F)c1)[C@@H](CNCc1cccc(I)c1)[C@H](C(=O)O)c1ccc(N2CCCC2=O)cc1. The van der Waals surface area contributed by atoms with Crippen LogP contribution >= 0.6 is 22.6 Å². The van der Waals surface area contributed by atoms with Crippen molar-refractivity contribution in [1.82, 2.24) is 5.32 Å². The van der Waals surface area contributed by atoms with Crippen LogP contribution < -0.4 is 16.0 Å². The molecular weight excluding hydrogens is 603 g/mol. The summed E-state index contributed by atoms with van der Waals surface area (Å²) in [7, 11) is 0. The zero-order valence-corrected chi connectivity index (χ0v) is 22.9. The van der Waals surface area contributed by atoms with Crippen molar-refractivity contribution in [2.75, 3.05) is 18.0 Å². The molecule has 0 aromatic heterocycles. The van der Waals surface area contributed by atoms with Crippen molar-refractivity contribution < 1.29 is 23.5 Å². The molecule has 1 heterocycles. The molecule has 1 aliphatic rings. The normalized spacial score (nSPS) is 15.9. The minimum Gasteiger partial charge on any atom is -0.481 e. The number of nitrogens with two attached hydrogens (primary N) is 1. The maximum atomic E-state index is 13.8. The highest BCUT2D eigenvalue weighted by molar-refractivity contribution is 14.1. The van der Waals surface area contributed by atoms with E-state index in [0.717, 1.165) is 27.3 Å². The van der Waals surface area contributed by atoms with E-state index in [1.54, 1.807) is 29.2 Å². The lowest BCUT2D eigenvalue weighted by Gasteiger charge is -2.30. The van der Waals surface area contributed by atoms with Gasteiger partial charge in [0.15, 0.2) is 0 Å². The molecule has 1 saturated heterocycles. The van der Waals surface area contributed by atoms with Gasteiger partial charge in [0.25, 0.3) is 0 Å². The van der Waals surface area contributed by atoms with Gasteiger partial charge in [0.2, 0.25) is 5.91 Å². The van der Waals surface area contributed by atoms with Crippen LogP contribution in [0.1, 0.15) is 35.4 Å². The second-order valence-electron chi connectivity index (χ2n) is 9.63. The Labute approximate surface area is 234 Å². The van der Waals surface area contributed by atoms with Crippen LogP contribution in [0.3, 0.4) is 0 Å². The molecule has 0 aliphatic carbocycles. The molecule has 0 spiro atoms. The fourth-order valence-electron chi connectivity index (χ4n) is 5.05. The second kappa shape index (κ2) is 12.8. The summed E-state index contributed by atoms with van der Waals surface area (Å²) in [5.41, 5.74) is 9.27. The van der Waals surface area contributed by atoms with Crippen LogP contribution in [0.2, 0.25) is 0 Å². The molecule has 0 radical (unpaired) electrons. The molecule has 0 saturated carbocycles. The van der Waals surface area contributed by atoms with Gasteiger partial charge in [0.05, 0.1) is 5.92 Å². The van der Waals surface area contributed by atoms with Gasteiger partial charge in [-0.2, -0.15) is 0 Å². The molecule has 200 valence electrons. The monoisotopic (exact) mass is 633 g/mol. The predicted molar refractivity (Wildman–Crippen MR) is 151 cm³/mol. The Bertz CT molecular complexity index is 1270. The van der Waals surface area contributed by atoms with Gasteiger partial charge in [0, 0.05) is 53.3 Å². The number of hydrogen-bond acceptors (Lipinski definition) is 4. The first kappa shape index (κ1) is 28.1. The van der Waals surface area contributed by atoms with Crippen LogP contribution in [0.4, 0.5) is 14.5 Å². The molecule has 0 bridgehead atoms. The maximum Gasteiger partial charge on any atom is 0.311 e. The number of benzene rings is 3. The number of amides is 1. The first-order valence-corrected chi connectivity index (χ1v) is 13.6. The summed E-state index contributed by atoms with van der Waals surface area (Å²) in [5, 5.41) is 13.6. The third kappa shape index (κ3) is 7.15. The van der Waals surface area contributed by atoms with Gasteiger partial charge in [-0.1, -0.05) is 24.3 Å². The highest BCUT2D eigenvalue weighted by atomic mass is 127. The van der Waals surface area contributed by atoms with E-state index in [1.165, 1.54) is 12.1 Å². The van der Waals surface area contributed by atoms with Crippen LogP contribution in [0.5, 0.6) is 0 Å². The number of hydrogen-bond donors (Lipinski definition) is 3. The third-order valence-corrected chi connectivity index (χ3v) is 7.54. The number of aliphatic carboxylic acids is 1. The van der Waals surface area contributed by atoms with Crippen LogP contribution in [0.15, 0.2) is 66.7 Å². The molecule has 3 atom stereocenters. The molecule has 1 amide bonds. The number of carbonyl (C=O) groups excluding carboxylic acids is 1. The Kier molecular flexibility index (Phi) is 9.45. The highest BCUT2D eigenvalue weighted by Gasteiger charge is 2.34. The Morgan fingerprint density at radius 1 is 1.05 bits per heavy atom. The van der Waals surface area contributed by atoms with Crippen LogP contribution in [-0.2, 0) is 22.6 Å². The Morgan fingerprint density at radius 3 is 2.37 bits per heavy atom. The van der Waals surface area contributed by atoms with Crippen molar-refractivity contribution in [3.05, 3.63) is 98.6 Å². The van der Waals surface area contributed by atoms with Crippen LogP contribution in [0.25, 0.3) is 0 Å². The largest absolute Gasteiger partial charge is 0.481 e. The van der Waals surface area contributed by atoms with Gasteiger partial charge in [-0.25, -0.2) is 8.78 Å². The fourth-order valence-corrected chi connectivity index (χ4v) is 5.66. The standard InChI is InChI=1S/C29H30F2IN3O3/c30-21-11-19(12-22(31)15-21)14-26(33)25(17-34-16-18-3-1-4-23(32)13-18)28(29(37)38)20-6-8-24(9-7-20)35-10-2-5-27(35)36/h1,3-4,6-9,11-13,15,25-26,28,34H,2,5,10,14,16-17,33H2,(H,37,38)/t25-,26?,28-/m1/s1. The third-order valence-electron chi connectivity index (χ3n) is 6.87. The van der Waals surface area contributed by atoms with Gasteiger partial charge in [-0.15, -0.1) is 0 Å². The summed E-state index contributed by atoms with van der Waals surface area (Å²) in [5.74, 6) is -3.98. The predicted octanol–water partition coefficient (Wildman–Crippen LogP) is 4.84. The molecule has 1 unspecified atom stereocenters. The number of rotatable bonds is 11. The number of nitrogens with one attached hydrogen (secondary N) is 1. The van der Waals surface area contributed by atoms with Gasteiger partial charge in [-0.3, -0.25) is 9.59 Å². The molecule has 1 aliphatic heterocycles. The summed E-state index contributed by atoms with van der Waals surface area (Å²) in [6.45, 7) is 1.42. The number of carboxylic acids is 1. The number of carboxylic acid groups (broad SMARTS) is 1. The Morgan fingerprint density at radius 2 is 1.76 bits per heavy atom. The van der Waals surface area contributed by atoms with Crippen LogP contribution in [0, 0.1) is 21.1 Å². The number of halogens is 3. The smallest absolute Gasteiger partial charge is 0.311 e. The first-order chi connectivity index (χ1) is 18.2. The van der Waals surface area contributed by atoms with E-state index in [4.69, 9.17) is 5.73 Å². The molecule has 3 aromatic carbocycles. The summed E-state index contributed by atoms with van der Waals surface area (Å²) in [6, 6.07) is 17.4. The second-order valence-corrected chi connectivity index (χ2v) is 10.9. The number of anilines is 1. The number of carbonyl (C=O) groups is 2. The summed E-state index contributed by atoms with van der Waals surface area (Å²) < 4.78 is 28.8. The lowest BCUT2D eigenvalue weighted by atomic mass is 9.79. The summed E-state index contributed by atoms with van der Waals surface area (Å²) in [6.07, 6.45) is 1.40. The van der Waals surface area contributed by atoms with Crippen LogP contribution in [-0.4, -0.2) is 36.1 Å². The summed E-state index contributed by atoms with van der Waals surface area (Å²) >= 11 is 2.23. The summed E-state index contributed by atoms with van der Waals surface area (Å²) in [4.78, 5) is 26.4. The van der Waals surface area contributed by atoms with E-state index >= 15 is 0 Å². The Balaban J connectivity index is 1.59. The highest BCUT2D eigenvalue weighted by Crippen LogP contribution is 2.31. The molecule has 9 heteroatoms. The average Bonchev–Trinajstić information content (AvgIpc) is 3.28. The fraction of sp³-hybridized carbons (Fsp3) is 0.310. The minimum atomic E-state index is -1.04. The van der Waals surface area contributed by atoms with Crippen molar-refractivity contribution in [1.29, 1.82) is 0 Å². The Hall–Kier alpha value is -2.89. The van der Waals surface area contributed by atoms with Gasteiger partial charge < -0.3 is 21.1 Å². The zero-order chi connectivity index (χ0) is 27.2. The van der Waals surface area contributed by atoms with Gasteiger partial charge >= 0.3 is 5.97 Å². The first-order valence-electron chi connectivity index (χ1n) is 12.5. The van der Waals surface area contributed by atoms with E-state index in [-0.39, 0.29) is 18.9 Å². The van der Waals surface area contributed by atoms with Gasteiger partial charge in [-0.05, 0) is 88.5 Å². The van der Waals surface area contributed by atoms with Crippen molar-refractivity contribution in [2.45, 2.75) is 37.8 Å². The molecular formula is C29H30F2IN3O3. The average molecular weight is 633 g/mol. The van der Waals surface area contributed by atoms with E-state index in [2.05, 4.69) is 27.9 Å². The van der Waals surface area contributed by atoms with Crippen molar-refractivity contribution in [3.8, 4) is 0 Å². The topological polar surface area (TPSA) is 95.7 Å². The maximum absolute atomic E-state index is 13.8. The zero-order valence-electron chi connectivity index (χ0n) is 20.7. The molecule has 4 N–H and O–H groups in total. The van der Waals surface area contributed by atoms with Crippen molar-refractivity contribution >= 4 is 40.2 Å². The number of nitrogens with zero attached hydrogens (tertiary/aromatic N) is 1. The van der Waals surface area contributed by atoms with E-state index in [9.17, 15) is 23.5 Å². The molecule has 4 rings (SSSR count). The molecule has 3 aromatic rings. The molecule has 1 fully saturated rings. The lowest BCUT2D eigenvalue weighted by molar-refractivity contribution is -0.140. The van der Waals surface area contributed by atoms with E-state index in [1.807, 2.05) is 24.3 Å². The minimum absolute atomic E-state index is 0.0505.